The summed E-state index contributed by atoms with van der Waals surface area (Å²) in [6, 6.07) is 9.41. The van der Waals surface area contributed by atoms with Crippen molar-refractivity contribution in [1.29, 1.82) is 0 Å². The molecule has 0 spiro atoms. The van der Waals surface area contributed by atoms with Gasteiger partial charge in [0, 0.05) is 31.9 Å². The van der Waals surface area contributed by atoms with Crippen LogP contribution in [0.5, 0.6) is 0 Å². The van der Waals surface area contributed by atoms with Crippen LogP contribution in [0.2, 0.25) is 0 Å². The SMILES string of the molecule is CN(C)S(=O)N1CC(=O)c2c(Nc3ccccc3)c(C3=CCNC(NC(=O)[C@@H]4C[C@@H]4F)=C3)n(N)c2C1. The number of amides is 1. The van der Waals surface area contributed by atoms with Gasteiger partial charge in [0.15, 0.2) is 17.0 Å². The number of nitrogen functional groups attached to an aromatic ring is 1. The molecule has 1 amide bonds. The lowest BCUT2D eigenvalue weighted by Gasteiger charge is -2.27. The van der Waals surface area contributed by atoms with Crippen molar-refractivity contribution in [3.8, 4) is 0 Å². The summed E-state index contributed by atoms with van der Waals surface area (Å²) >= 11 is -1.51. The number of carbonyl (C=O) groups excluding carboxylic acids is 2. The number of ketones is 1. The first-order valence-electron chi connectivity index (χ1n) is 11.6. The van der Waals surface area contributed by atoms with Gasteiger partial charge < -0.3 is 21.8 Å². The minimum atomic E-state index is -1.51. The van der Waals surface area contributed by atoms with Gasteiger partial charge in [-0.1, -0.05) is 24.3 Å². The molecule has 5 N–H and O–H groups in total. The van der Waals surface area contributed by atoms with E-state index in [9.17, 15) is 18.2 Å². The molecule has 3 atom stereocenters. The van der Waals surface area contributed by atoms with Crippen LogP contribution in [0.1, 0.15) is 28.2 Å². The van der Waals surface area contributed by atoms with Crippen molar-refractivity contribution in [2.45, 2.75) is 19.1 Å². The zero-order valence-corrected chi connectivity index (χ0v) is 20.8. The highest BCUT2D eigenvalue weighted by Crippen LogP contribution is 2.39. The summed E-state index contributed by atoms with van der Waals surface area (Å²) in [5.41, 5.74) is 3.53. The number of fused-ring (bicyclic) bond motifs is 1. The molecule has 1 saturated carbocycles. The Hall–Kier alpha value is -3.48. The summed E-state index contributed by atoms with van der Waals surface area (Å²) in [6.45, 7) is 0.592. The van der Waals surface area contributed by atoms with E-state index in [-0.39, 0.29) is 31.2 Å². The second-order valence-corrected chi connectivity index (χ2v) is 10.8. The highest BCUT2D eigenvalue weighted by Gasteiger charge is 2.44. The zero-order chi connectivity index (χ0) is 25.6. The lowest BCUT2D eigenvalue weighted by molar-refractivity contribution is -0.122. The molecule has 5 rings (SSSR count). The summed E-state index contributed by atoms with van der Waals surface area (Å²) < 4.78 is 30.6. The zero-order valence-electron chi connectivity index (χ0n) is 20.0. The van der Waals surface area contributed by atoms with Gasteiger partial charge in [0.1, 0.15) is 12.0 Å². The standard InChI is InChI=1S/C24H28FN7O3S/c1-30(2)36(35)31-12-18-21(19(33)13-31)22(28-15-6-4-3-5-7-15)23(32(18)26)14-8-9-27-20(10-14)29-24(34)16-11-17(16)25/h3-8,10,16-17,27-28H,9,11-13,26H2,1-2H3,(H,29,34)/t16-,17+,36?/m1/s1. The molecule has 10 nitrogen and oxygen atoms in total. The topological polar surface area (TPSA) is 125 Å². The second kappa shape index (κ2) is 9.52. The minimum Gasteiger partial charge on any atom is -0.368 e. The third kappa shape index (κ3) is 4.54. The van der Waals surface area contributed by atoms with Crippen LogP contribution in [-0.4, -0.2) is 62.5 Å². The van der Waals surface area contributed by atoms with Crippen LogP contribution in [0.3, 0.4) is 0 Å². The van der Waals surface area contributed by atoms with Crippen molar-refractivity contribution in [2.24, 2.45) is 5.92 Å². The first kappa shape index (κ1) is 24.2. The highest BCUT2D eigenvalue weighted by molar-refractivity contribution is 7.80. The molecule has 1 aliphatic carbocycles. The molecule has 2 aliphatic heterocycles. The van der Waals surface area contributed by atoms with Gasteiger partial charge in [-0.25, -0.2) is 12.9 Å². The van der Waals surface area contributed by atoms with E-state index < -0.39 is 23.3 Å². The van der Waals surface area contributed by atoms with E-state index in [2.05, 4.69) is 16.0 Å². The van der Waals surface area contributed by atoms with E-state index in [0.717, 1.165) is 5.69 Å². The van der Waals surface area contributed by atoms with E-state index in [1.165, 1.54) is 8.98 Å². The molecule has 1 aromatic carbocycles. The molecule has 1 aromatic heterocycles. The van der Waals surface area contributed by atoms with Gasteiger partial charge in [0.05, 0.1) is 41.6 Å². The fraction of sp³-hybridized carbons (Fsp3) is 0.333. The van der Waals surface area contributed by atoms with Crippen molar-refractivity contribution in [3.05, 3.63) is 65.3 Å². The number of anilines is 2. The number of nitrogens with zero attached hydrogens (tertiary/aromatic N) is 3. The van der Waals surface area contributed by atoms with Gasteiger partial charge in [0.25, 0.3) is 0 Å². The van der Waals surface area contributed by atoms with Crippen LogP contribution in [0.4, 0.5) is 15.8 Å². The maximum absolute atomic E-state index is 13.4. The maximum atomic E-state index is 13.4. The van der Waals surface area contributed by atoms with E-state index in [0.29, 0.717) is 40.6 Å². The second-order valence-electron chi connectivity index (χ2n) is 9.12. The fourth-order valence-corrected chi connectivity index (χ4v) is 5.33. The maximum Gasteiger partial charge on any atom is 0.231 e. The molecular weight excluding hydrogens is 485 g/mol. The van der Waals surface area contributed by atoms with Gasteiger partial charge in [-0.15, -0.1) is 0 Å². The summed E-state index contributed by atoms with van der Waals surface area (Å²) in [6.07, 6.45) is 2.75. The summed E-state index contributed by atoms with van der Waals surface area (Å²) in [4.78, 5) is 25.6. The van der Waals surface area contributed by atoms with Crippen LogP contribution in [0.15, 0.2) is 48.3 Å². The van der Waals surface area contributed by atoms with Gasteiger partial charge in [-0.05, 0) is 24.6 Å². The molecule has 0 radical (unpaired) electrons. The third-order valence-corrected chi connectivity index (χ3v) is 7.63. The Morgan fingerprint density at radius 1 is 1.25 bits per heavy atom. The minimum absolute atomic E-state index is 0.0196. The van der Waals surface area contributed by atoms with Crippen molar-refractivity contribution < 1.29 is 18.2 Å². The van der Waals surface area contributed by atoms with Crippen LogP contribution < -0.4 is 21.8 Å². The smallest absolute Gasteiger partial charge is 0.231 e. The van der Waals surface area contributed by atoms with E-state index in [4.69, 9.17) is 5.84 Å². The summed E-state index contributed by atoms with van der Waals surface area (Å²) in [5.74, 6) is 5.83. The predicted molar refractivity (Wildman–Crippen MR) is 136 cm³/mol. The number of dihydropyridines is 1. The fourth-order valence-electron chi connectivity index (χ4n) is 4.41. The largest absolute Gasteiger partial charge is 0.368 e. The highest BCUT2D eigenvalue weighted by atomic mass is 32.2. The number of allylic oxidation sites excluding steroid dienone is 2. The number of nitrogens with two attached hydrogens (primary N) is 1. The van der Waals surface area contributed by atoms with Crippen molar-refractivity contribution in [3.63, 3.8) is 0 Å². The van der Waals surface area contributed by atoms with E-state index >= 15 is 0 Å². The Bertz CT molecular complexity index is 1300. The van der Waals surface area contributed by atoms with E-state index in [1.807, 2.05) is 36.4 Å². The van der Waals surface area contributed by atoms with Gasteiger partial charge in [-0.3, -0.25) is 14.3 Å². The Balaban J connectivity index is 1.56. The molecule has 12 heteroatoms. The van der Waals surface area contributed by atoms with Crippen molar-refractivity contribution in [1.82, 2.24) is 23.9 Å². The summed E-state index contributed by atoms with van der Waals surface area (Å²) in [7, 11) is 3.36. The Labute approximate surface area is 210 Å². The number of alkyl halides is 1. The first-order valence-corrected chi connectivity index (χ1v) is 12.6. The Morgan fingerprint density at radius 3 is 2.64 bits per heavy atom. The summed E-state index contributed by atoms with van der Waals surface area (Å²) in [5, 5.41) is 9.17. The average Bonchev–Trinajstić information content (AvgIpc) is 3.53. The lowest BCUT2D eigenvalue weighted by atomic mass is 10.0. The Kier molecular flexibility index (Phi) is 6.41. The van der Waals surface area contributed by atoms with Crippen LogP contribution in [0.25, 0.3) is 5.57 Å². The van der Waals surface area contributed by atoms with Crippen LogP contribution in [-0.2, 0) is 22.5 Å². The normalized spacial score (nSPS) is 22.3. The lowest BCUT2D eigenvalue weighted by Crippen LogP contribution is -2.42. The molecule has 1 unspecified atom stereocenters. The van der Waals surface area contributed by atoms with Crippen LogP contribution in [0, 0.1) is 5.92 Å². The molecule has 3 aliphatic rings. The number of Topliss-reactive ketones (excluding diaryl/α,β-unsaturated/α-hetero) is 1. The predicted octanol–water partition coefficient (Wildman–Crippen LogP) is 1.39. The number of para-hydroxylation sites is 1. The number of nitrogens with one attached hydrogen (secondary N) is 3. The van der Waals surface area contributed by atoms with Crippen molar-refractivity contribution in [2.75, 3.05) is 38.3 Å². The molecular formula is C24H28FN7O3S. The molecule has 0 saturated heterocycles. The van der Waals surface area contributed by atoms with Gasteiger partial charge in [0.2, 0.25) is 5.91 Å². The number of carbonyl (C=O) groups is 2. The number of benzene rings is 1. The van der Waals surface area contributed by atoms with E-state index in [1.54, 1.807) is 24.5 Å². The number of hydrogen-bond acceptors (Lipinski definition) is 6. The average molecular weight is 514 g/mol. The molecule has 3 heterocycles. The number of aromatic nitrogens is 1. The Morgan fingerprint density at radius 2 is 1.97 bits per heavy atom. The molecule has 190 valence electrons. The van der Waals surface area contributed by atoms with Crippen molar-refractivity contribution >= 4 is 39.8 Å². The monoisotopic (exact) mass is 513 g/mol. The molecule has 2 aromatic rings. The van der Waals surface area contributed by atoms with Gasteiger partial charge in [-0.2, -0.15) is 4.31 Å². The number of halogens is 1. The number of rotatable bonds is 7. The molecule has 1 fully saturated rings. The molecule has 0 bridgehead atoms. The van der Waals surface area contributed by atoms with Crippen LogP contribution >= 0.6 is 0 Å². The van der Waals surface area contributed by atoms with Gasteiger partial charge >= 0.3 is 0 Å². The third-order valence-electron chi connectivity index (χ3n) is 6.30. The first-order chi connectivity index (χ1) is 17.2. The quantitative estimate of drug-likeness (QED) is 0.415. The number of hydrogen-bond donors (Lipinski definition) is 4. The molecule has 36 heavy (non-hydrogen) atoms.